The van der Waals surface area contributed by atoms with Crippen molar-refractivity contribution in [1.82, 2.24) is 15.6 Å². The number of para-hydroxylation sites is 1. The fourth-order valence-corrected chi connectivity index (χ4v) is 5.08. The Morgan fingerprint density at radius 3 is 2.45 bits per heavy atom. The summed E-state index contributed by atoms with van der Waals surface area (Å²) < 4.78 is 13.5. The average molecular weight is 562 g/mol. The number of carbonyl (C=O) groups is 3. The van der Waals surface area contributed by atoms with Gasteiger partial charge in [0.2, 0.25) is 5.91 Å². The number of benzene rings is 3. The first-order valence-electron chi connectivity index (χ1n) is 13.5. The number of H-pyrrole nitrogens is 1. The van der Waals surface area contributed by atoms with Crippen LogP contribution in [0.25, 0.3) is 22.2 Å². The summed E-state index contributed by atoms with van der Waals surface area (Å²) >= 11 is 6.08. The number of fused-ring (bicyclic) bond motifs is 1. The number of carbonyl (C=O) groups excluding carboxylic acids is 3. The summed E-state index contributed by atoms with van der Waals surface area (Å²) in [5, 5.41) is 6.83. The largest absolute Gasteiger partial charge is 0.354 e. The Morgan fingerprint density at radius 1 is 0.950 bits per heavy atom. The number of aromatic nitrogens is 1. The molecule has 2 amide bonds. The number of halogens is 2. The molecule has 0 saturated carbocycles. The Morgan fingerprint density at radius 2 is 1.70 bits per heavy atom. The van der Waals surface area contributed by atoms with E-state index in [0.717, 1.165) is 52.7 Å². The maximum atomic E-state index is 13.5. The van der Waals surface area contributed by atoms with E-state index in [1.807, 2.05) is 48.5 Å². The maximum absolute atomic E-state index is 13.5. The van der Waals surface area contributed by atoms with Crippen LogP contribution in [-0.2, 0) is 16.0 Å². The van der Waals surface area contributed by atoms with E-state index in [0.29, 0.717) is 32.2 Å². The number of aromatic amines is 1. The molecule has 0 radical (unpaired) electrons. The highest BCUT2D eigenvalue weighted by atomic mass is 35.5. The smallest absolute Gasteiger partial charge is 0.253 e. The molecule has 0 fully saturated rings. The molecule has 0 spiro atoms. The first kappa shape index (κ1) is 29.0. The molecule has 1 atom stereocenters. The van der Waals surface area contributed by atoms with Gasteiger partial charge < -0.3 is 20.4 Å². The molecule has 0 unspecified atom stereocenters. The van der Waals surface area contributed by atoms with Crippen LogP contribution in [0.5, 0.6) is 0 Å². The van der Waals surface area contributed by atoms with Crippen molar-refractivity contribution < 1.29 is 18.8 Å². The zero-order valence-corrected chi connectivity index (χ0v) is 23.2. The zero-order chi connectivity index (χ0) is 28.5. The molecule has 3 N–H and O–H groups in total. The second-order valence-corrected chi connectivity index (χ2v) is 10.3. The summed E-state index contributed by atoms with van der Waals surface area (Å²) in [7, 11) is 0. The number of amides is 2. The van der Waals surface area contributed by atoms with Crippen LogP contribution in [0.2, 0.25) is 5.02 Å². The van der Waals surface area contributed by atoms with E-state index in [1.54, 1.807) is 6.92 Å². The fourth-order valence-electron chi connectivity index (χ4n) is 4.82. The summed E-state index contributed by atoms with van der Waals surface area (Å²) in [6.07, 6.45) is 3.61. The Balaban J connectivity index is 1.45. The molecule has 1 heterocycles. The van der Waals surface area contributed by atoms with Gasteiger partial charge in [-0.25, -0.2) is 4.39 Å². The van der Waals surface area contributed by atoms with Gasteiger partial charge in [0.05, 0.1) is 10.6 Å². The number of unbranched alkanes of at least 4 members (excludes halogenated alkanes) is 2. The van der Waals surface area contributed by atoms with Gasteiger partial charge in [-0.1, -0.05) is 73.0 Å². The second-order valence-electron chi connectivity index (χ2n) is 9.88. The molecule has 1 aromatic heterocycles. The molecule has 4 rings (SSSR count). The van der Waals surface area contributed by atoms with Gasteiger partial charge in [0.15, 0.2) is 0 Å². The van der Waals surface area contributed by atoms with Gasteiger partial charge in [-0.05, 0) is 61.6 Å². The Hall–Kier alpha value is -3.97. The Bertz CT molecular complexity index is 1490. The molecule has 6 nitrogen and oxygen atoms in total. The van der Waals surface area contributed by atoms with E-state index in [2.05, 4.69) is 21.7 Å². The van der Waals surface area contributed by atoms with E-state index in [1.165, 1.54) is 6.07 Å². The highest BCUT2D eigenvalue weighted by molar-refractivity contribution is 6.33. The maximum Gasteiger partial charge on any atom is 0.253 e. The van der Waals surface area contributed by atoms with E-state index in [9.17, 15) is 18.8 Å². The van der Waals surface area contributed by atoms with Gasteiger partial charge in [0.25, 0.3) is 5.91 Å². The molecule has 0 aliphatic carbocycles. The fraction of sp³-hybridized carbons (Fsp3) is 0.281. The minimum atomic E-state index is -0.803. The molecule has 4 aromatic rings. The highest BCUT2D eigenvalue weighted by Gasteiger charge is 2.23. The van der Waals surface area contributed by atoms with Gasteiger partial charge in [0.1, 0.15) is 17.6 Å². The Kier molecular flexibility index (Phi) is 10.1. The summed E-state index contributed by atoms with van der Waals surface area (Å²) in [5.41, 5.74) is 4.30. The standard InChI is InChI=1S/C32H33ClFN3O3/c1-21(38)10-4-2-7-15-29(37-31(39)26-17-16-23(34)20-27(26)33)32(40)35-19-18-25-24-13-8-9-14-28(24)36-30(25)22-11-5-3-6-12-22/h3,5-6,8-9,11-14,16-17,20,29,36H,2,4,7,10,15,18-19H2,1H3,(H,35,40)(H,37,39)/t29-/m0/s1. The van der Waals surface area contributed by atoms with Crippen molar-refractivity contribution in [1.29, 1.82) is 0 Å². The van der Waals surface area contributed by atoms with E-state index < -0.39 is 17.8 Å². The van der Waals surface area contributed by atoms with E-state index >= 15 is 0 Å². The topological polar surface area (TPSA) is 91.1 Å². The summed E-state index contributed by atoms with van der Waals surface area (Å²) in [6, 6.07) is 20.8. The molecule has 3 aromatic carbocycles. The zero-order valence-electron chi connectivity index (χ0n) is 22.4. The number of hydrogen-bond donors (Lipinski definition) is 3. The van der Waals surface area contributed by atoms with Crippen molar-refractivity contribution in [2.24, 2.45) is 0 Å². The van der Waals surface area contributed by atoms with Crippen molar-refractivity contribution in [3.63, 3.8) is 0 Å². The summed E-state index contributed by atoms with van der Waals surface area (Å²) in [6.45, 7) is 1.92. The molecule has 0 bridgehead atoms. The monoisotopic (exact) mass is 561 g/mol. The minimum Gasteiger partial charge on any atom is -0.354 e. The quantitative estimate of drug-likeness (QED) is 0.160. The number of hydrogen-bond acceptors (Lipinski definition) is 3. The van der Waals surface area contributed by atoms with E-state index in [4.69, 9.17) is 11.6 Å². The molecule has 0 aliphatic heterocycles. The van der Waals surface area contributed by atoms with Gasteiger partial charge in [-0.2, -0.15) is 0 Å². The first-order valence-corrected chi connectivity index (χ1v) is 13.9. The molecule has 208 valence electrons. The molecular weight excluding hydrogens is 529 g/mol. The van der Waals surface area contributed by atoms with Crippen LogP contribution in [0.15, 0.2) is 72.8 Å². The first-order chi connectivity index (χ1) is 19.3. The predicted octanol–water partition coefficient (Wildman–Crippen LogP) is 6.62. The lowest BCUT2D eigenvalue weighted by molar-refractivity contribution is -0.123. The number of rotatable bonds is 13. The molecule has 8 heteroatoms. The second kappa shape index (κ2) is 13.9. The third kappa shape index (κ3) is 7.57. The van der Waals surface area contributed by atoms with Crippen LogP contribution in [0.1, 0.15) is 54.9 Å². The minimum absolute atomic E-state index is 0.0223. The van der Waals surface area contributed by atoms with Crippen LogP contribution < -0.4 is 10.6 Å². The lowest BCUT2D eigenvalue weighted by atomic mass is 10.0. The third-order valence-corrected chi connectivity index (χ3v) is 7.18. The molecule has 40 heavy (non-hydrogen) atoms. The number of Topliss-reactive ketones (excluding diaryl/α,β-unsaturated/α-hetero) is 1. The molecule has 0 aliphatic rings. The highest BCUT2D eigenvalue weighted by Crippen LogP contribution is 2.30. The number of ketones is 1. The van der Waals surface area contributed by atoms with Crippen molar-refractivity contribution >= 4 is 40.1 Å². The van der Waals surface area contributed by atoms with E-state index in [-0.39, 0.29) is 22.3 Å². The predicted molar refractivity (Wildman–Crippen MR) is 157 cm³/mol. The summed E-state index contributed by atoms with van der Waals surface area (Å²) in [4.78, 5) is 41.0. The molecular formula is C32H33ClFN3O3. The van der Waals surface area contributed by atoms with Crippen LogP contribution in [0.4, 0.5) is 4.39 Å². The van der Waals surface area contributed by atoms with Crippen molar-refractivity contribution in [2.75, 3.05) is 6.54 Å². The lowest BCUT2D eigenvalue weighted by Crippen LogP contribution is -2.47. The third-order valence-electron chi connectivity index (χ3n) is 6.87. The van der Waals surface area contributed by atoms with Crippen molar-refractivity contribution in [3.05, 3.63) is 94.8 Å². The van der Waals surface area contributed by atoms with Crippen LogP contribution in [0, 0.1) is 5.82 Å². The van der Waals surface area contributed by atoms with Gasteiger partial charge in [0, 0.05) is 29.6 Å². The van der Waals surface area contributed by atoms with Crippen LogP contribution >= 0.6 is 11.6 Å². The SMILES string of the molecule is CC(=O)CCCCC[C@H](NC(=O)c1ccc(F)cc1Cl)C(=O)NCCc1c(-c2ccccc2)[nH]c2ccccc12. The Labute approximate surface area is 238 Å². The lowest BCUT2D eigenvalue weighted by Gasteiger charge is -2.19. The average Bonchev–Trinajstić information content (AvgIpc) is 3.31. The van der Waals surface area contributed by atoms with Crippen LogP contribution in [0.3, 0.4) is 0 Å². The van der Waals surface area contributed by atoms with Gasteiger partial charge in [-0.3, -0.25) is 9.59 Å². The van der Waals surface area contributed by atoms with Crippen molar-refractivity contribution in [2.45, 2.75) is 51.5 Å². The summed E-state index contributed by atoms with van der Waals surface area (Å²) in [5.74, 6) is -1.27. The number of nitrogens with one attached hydrogen (secondary N) is 3. The van der Waals surface area contributed by atoms with Crippen LogP contribution in [-0.4, -0.2) is 35.2 Å². The molecule has 0 saturated heterocycles. The van der Waals surface area contributed by atoms with Gasteiger partial charge >= 0.3 is 0 Å². The van der Waals surface area contributed by atoms with Gasteiger partial charge in [-0.15, -0.1) is 0 Å². The normalized spacial score (nSPS) is 11.8. The van der Waals surface area contributed by atoms with Crippen molar-refractivity contribution in [3.8, 4) is 11.3 Å².